The van der Waals surface area contributed by atoms with Crippen molar-refractivity contribution < 1.29 is 14.8 Å². The second-order valence-electron chi connectivity index (χ2n) is 6.84. The largest absolute Gasteiger partial charge is 0.491 e. The number of non-ortho nitro benzene ring substituents is 1. The molecule has 0 radical (unpaired) electrons. The number of aryl methyl sites for hydroxylation is 1. The van der Waals surface area contributed by atoms with E-state index in [-0.39, 0.29) is 12.3 Å². The van der Waals surface area contributed by atoms with Crippen LogP contribution in [0.25, 0.3) is 0 Å². The molecule has 1 heterocycles. The highest BCUT2D eigenvalue weighted by molar-refractivity contribution is 5.47. The number of piperazine rings is 1. The molecule has 0 unspecified atom stereocenters. The highest BCUT2D eigenvalue weighted by atomic mass is 16.6. The number of hydrogen-bond donors (Lipinski definition) is 1. The number of nitro groups is 1. The van der Waals surface area contributed by atoms with E-state index in [1.807, 2.05) is 0 Å². The lowest BCUT2D eigenvalue weighted by molar-refractivity contribution is -0.384. The molecule has 1 aliphatic heterocycles. The van der Waals surface area contributed by atoms with Gasteiger partial charge in [-0.15, -0.1) is 0 Å². The number of nitro benzene ring substituents is 1. The summed E-state index contributed by atoms with van der Waals surface area (Å²) in [6.45, 7) is 6.44. The molecule has 0 aliphatic carbocycles. The molecular formula is C20H25N3O4. The summed E-state index contributed by atoms with van der Waals surface area (Å²) in [5.74, 6) is 0.517. The lowest BCUT2D eigenvalue weighted by Gasteiger charge is -2.36. The fourth-order valence-corrected chi connectivity index (χ4v) is 3.15. The van der Waals surface area contributed by atoms with Crippen LogP contribution in [0.5, 0.6) is 5.75 Å². The zero-order chi connectivity index (χ0) is 19.2. The molecule has 0 amide bonds. The monoisotopic (exact) mass is 371 g/mol. The van der Waals surface area contributed by atoms with E-state index in [1.54, 1.807) is 12.1 Å². The van der Waals surface area contributed by atoms with Gasteiger partial charge in [0.2, 0.25) is 0 Å². The van der Waals surface area contributed by atoms with E-state index in [2.05, 4.69) is 41.0 Å². The third kappa shape index (κ3) is 5.42. The van der Waals surface area contributed by atoms with Crippen molar-refractivity contribution in [2.75, 3.05) is 44.2 Å². The Hall–Kier alpha value is -2.64. The summed E-state index contributed by atoms with van der Waals surface area (Å²) in [6, 6.07) is 14.4. The number of nitrogens with zero attached hydrogens (tertiary/aromatic N) is 3. The number of aliphatic hydroxyl groups excluding tert-OH is 1. The van der Waals surface area contributed by atoms with Crippen LogP contribution < -0.4 is 9.64 Å². The first kappa shape index (κ1) is 19.1. The fraction of sp³-hybridized carbons (Fsp3) is 0.400. The van der Waals surface area contributed by atoms with E-state index in [9.17, 15) is 15.2 Å². The van der Waals surface area contributed by atoms with Crippen LogP contribution in [-0.4, -0.2) is 60.4 Å². The summed E-state index contributed by atoms with van der Waals surface area (Å²) in [5.41, 5.74) is 2.52. The number of ether oxygens (including phenoxy) is 1. The molecule has 1 atom stereocenters. The minimum absolute atomic E-state index is 0.0225. The topological polar surface area (TPSA) is 79.1 Å². The molecule has 3 rings (SSSR count). The van der Waals surface area contributed by atoms with Crippen LogP contribution >= 0.6 is 0 Å². The first-order chi connectivity index (χ1) is 13.0. The molecule has 1 saturated heterocycles. The molecule has 7 heteroatoms. The number of rotatable bonds is 7. The van der Waals surface area contributed by atoms with Gasteiger partial charge in [0.1, 0.15) is 18.5 Å². The van der Waals surface area contributed by atoms with Crippen LogP contribution in [0.4, 0.5) is 11.4 Å². The Morgan fingerprint density at radius 1 is 1.07 bits per heavy atom. The summed E-state index contributed by atoms with van der Waals surface area (Å²) < 4.78 is 5.54. The first-order valence-electron chi connectivity index (χ1n) is 9.10. The Labute approximate surface area is 158 Å². The summed E-state index contributed by atoms with van der Waals surface area (Å²) in [5, 5.41) is 20.9. The fourth-order valence-electron chi connectivity index (χ4n) is 3.15. The van der Waals surface area contributed by atoms with Crippen molar-refractivity contribution in [2.24, 2.45) is 0 Å². The summed E-state index contributed by atoms with van der Waals surface area (Å²) in [6.07, 6.45) is -0.605. The summed E-state index contributed by atoms with van der Waals surface area (Å²) in [4.78, 5) is 14.8. The van der Waals surface area contributed by atoms with Crippen LogP contribution in [0.1, 0.15) is 5.56 Å². The average Bonchev–Trinajstić information content (AvgIpc) is 2.68. The highest BCUT2D eigenvalue weighted by Gasteiger charge is 2.19. The molecular weight excluding hydrogens is 346 g/mol. The van der Waals surface area contributed by atoms with Gasteiger partial charge in [0.05, 0.1) is 4.92 Å². The molecule has 0 aromatic heterocycles. The van der Waals surface area contributed by atoms with Crippen LogP contribution in [0.2, 0.25) is 0 Å². The van der Waals surface area contributed by atoms with Crippen molar-refractivity contribution in [3.8, 4) is 5.75 Å². The van der Waals surface area contributed by atoms with Crippen molar-refractivity contribution in [3.63, 3.8) is 0 Å². The summed E-state index contributed by atoms with van der Waals surface area (Å²) >= 11 is 0. The minimum atomic E-state index is -0.605. The van der Waals surface area contributed by atoms with Gasteiger partial charge < -0.3 is 14.7 Å². The third-order valence-electron chi connectivity index (χ3n) is 4.73. The van der Waals surface area contributed by atoms with Crippen LogP contribution in [-0.2, 0) is 0 Å². The van der Waals surface area contributed by atoms with Crippen molar-refractivity contribution >= 4 is 11.4 Å². The Balaban J connectivity index is 1.40. The normalized spacial score (nSPS) is 16.1. The van der Waals surface area contributed by atoms with E-state index in [4.69, 9.17) is 4.74 Å². The number of β-amino-alcohol motifs (C(OH)–C–C–N with tert-alkyl or cyclic N) is 1. The Morgan fingerprint density at radius 2 is 1.70 bits per heavy atom. The molecule has 2 aromatic carbocycles. The number of anilines is 1. The molecule has 1 fully saturated rings. The average molecular weight is 371 g/mol. The van der Waals surface area contributed by atoms with Gasteiger partial charge in [-0.1, -0.05) is 17.7 Å². The molecule has 2 aromatic rings. The van der Waals surface area contributed by atoms with Gasteiger partial charge in [0.25, 0.3) is 5.69 Å². The quantitative estimate of drug-likeness (QED) is 0.595. The van der Waals surface area contributed by atoms with Gasteiger partial charge >= 0.3 is 0 Å². The maximum absolute atomic E-state index is 10.6. The van der Waals surface area contributed by atoms with Gasteiger partial charge in [0.15, 0.2) is 0 Å². The van der Waals surface area contributed by atoms with Crippen molar-refractivity contribution in [3.05, 3.63) is 64.2 Å². The predicted octanol–water partition coefficient (Wildman–Crippen LogP) is 2.47. The smallest absolute Gasteiger partial charge is 0.269 e. The van der Waals surface area contributed by atoms with E-state index in [0.717, 1.165) is 26.2 Å². The van der Waals surface area contributed by atoms with Gasteiger partial charge in [-0.25, -0.2) is 0 Å². The van der Waals surface area contributed by atoms with Crippen LogP contribution in [0.3, 0.4) is 0 Å². The number of aliphatic hydroxyl groups is 1. The van der Waals surface area contributed by atoms with Crippen molar-refractivity contribution in [1.29, 1.82) is 0 Å². The standard InChI is InChI=1S/C20H25N3O4/c1-16-2-4-17(5-3-16)22-12-10-21(11-13-22)14-19(24)15-27-20-8-6-18(7-9-20)23(25)26/h2-9,19,24H,10-15H2,1H3/t19-/m0/s1. The second-order valence-corrected chi connectivity index (χ2v) is 6.84. The zero-order valence-electron chi connectivity index (χ0n) is 15.5. The molecule has 0 spiro atoms. The third-order valence-corrected chi connectivity index (χ3v) is 4.73. The van der Waals surface area contributed by atoms with Gasteiger partial charge in [-0.3, -0.25) is 15.0 Å². The number of benzene rings is 2. The minimum Gasteiger partial charge on any atom is -0.491 e. The Morgan fingerprint density at radius 3 is 2.30 bits per heavy atom. The van der Waals surface area contributed by atoms with E-state index < -0.39 is 11.0 Å². The van der Waals surface area contributed by atoms with E-state index in [0.29, 0.717) is 12.3 Å². The van der Waals surface area contributed by atoms with Gasteiger partial charge in [0, 0.05) is 50.5 Å². The van der Waals surface area contributed by atoms with E-state index in [1.165, 1.54) is 23.4 Å². The molecule has 1 N–H and O–H groups in total. The summed E-state index contributed by atoms with van der Waals surface area (Å²) in [7, 11) is 0. The Kier molecular flexibility index (Phi) is 6.26. The molecule has 27 heavy (non-hydrogen) atoms. The highest BCUT2D eigenvalue weighted by Crippen LogP contribution is 2.19. The first-order valence-corrected chi connectivity index (χ1v) is 9.10. The van der Waals surface area contributed by atoms with Gasteiger partial charge in [-0.2, -0.15) is 0 Å². The van der Waals surface area contributed by atoms with Crippen LogP contribution in [0, 0.1) is 17.0 Å². The SMILES string of the molecule is Cc1ccc(N2CCN(C[C@H](O)COc3ccc([N+](=O)[O-])cc3)CC2)cc1. The molecule has 7 nitrogen and oxygen atoms in total. The van der Waals surface area contributed by atoms with Gasteiger partial charge in [-0.05, 0) is 31.2 Å². The van der Waals surface area contributed by atoms with Crippen LogP contribution in [0.15, 0.2) is 48.5 Å². The van der Waals surface area contributed by atoms with Crippen molar-refractivity contribution in [1.82, 2.24) is 4.90 Å². The maximum atomic E-state index is 10.6. The second kappa shape index (κ2) is 8.83. The zero-order valence-corrected chi connectivity index (χ0v) is 15.5. The maximum Gasteiger partial charge on any atom is 0.269 e. The molecule has 1 aliphatic rings. The lowest BCUT2D eigenvalue weighted by Crippen LogP contribution is -2.49. The van der Waals surface area contributed by atoms with Crippen molar-refractivity contribution in [2.45, 2.75) is 13.0 Å². The molecule has 144 valence electrons. The molecule has 0 bridgehead atoms. The molecule has 0 saturated carbocycles. The lowest BCUT2D eigenvalue weighted by atomic mass is 10.2. The predicted molar refractivity (Wildman–Crippen MR) is 104 cm³/mol. The Bertz CT molecular complexity index is 741. The number of hydrogen-bond acceptors (Lipinski definition) is 6. The van der Waals surface area contributed by atoms with E-state index >= 15 is 0 Å².